The predicted octanol–water partition coefficient (Wildman–Crippen LogP) is 3.96. The molecule has 1 aromatic rings. The van der Waals surface area contributed by atoms with E-state index >= 15 is 0 Å². The van der Waals surface area contributed by atoms with Gasteiger partial charge in [-0.1, -0.05) is 48.9 Å². The summed E-state index contributed by atoms with van der Waals surface area (Å²) in [6.07, 6.45) is 12.0. The van der Waals surface area contributed by atoms with Crippen molar-refractivity contribution in [3.05, 3.63) is 48.0 Å². The molecule has 1 saturated heterocycles. The first kappa shape index (κ1) is 15.4. The Morgan fingerprint density at radius 3 is 2.43 bits per heavy atom. The highest BCUT2D eigenvalue weighted by atomic mass is 16.3. The van der Waals surface area contributed by atoms with Crippen LogP contribution in [-0.2, 0) is 5.60 Å². The van der Waals surface area contributed by atoms with Gasteiger partial charge in [-0.3, -0.25) is 0 Å². The van der Waals surface area contributed by atoms with E-state index in [1.54, 1.807) is 0 Å². The van der Waals surface area contributed by atoms with E-state index in [1.807, 2.05) is 0 Å². The Morgan fingerprint density at radius 1 is 1.00 bits per heavy atom. The van der Waals surface area contributed by atoms with Crippen molar-refractivity contribution >= 4 is 0 Å². The Morgan fingerprint density at radius 2 is 1.78 bits per heavy atom. The Kier molecular flexibility index (Phi) is 4.29. The number of benzene rings is 1. The first-order valence-electron chi connectivity index (χ1n) is 9.44. The lowest BCUT2D eigenvalue weighted by Crippen LogP contribution is -2.42. The zero-order valence-electron chi connectivity index (χ0n) is 14.0. The highest BCUT2D eigenvalue weighted by Gasteiger charge is 2.48. The smallest absolute Gasteiger partial charge is 0.0942 e. The number of fused-ring (bicyclic) bond motifs is 2. The first-order valence-corrected chi connectivity index (χ1v) is 9.44. The van der Waals surface area contributed by atoms with Crippen molar-refractivity contribution in [3.63, 3.8) is 0 Å². The van der Waals surface area contributed by atoms with Crippen molar-refractivity contribution in [1.29, 1.82) is 0 Å². The average Bonchev–Trinajstić information content (AvgIpc) is 3.25. The van der Waals surface area contributed by atoms with E-state index in [0.29, 0.717) is 17.8 Å². The first-order chi connectivity index (χ1) is 11.3. The average molecular weight is 311 g/mol. The molecule has 0 aromatic heterocycles. The Bertz CT molecular complexity index is 548. The van der Waals surface area contributed by atoms with Crippen LogP contribution in [0.15, 0.2) is 42.5 Å². The standard InChI is InChI=1S/C21H29NO/c23-21(19-7-3-1-4-8-19,11-14-22-12-5-2-6-13-22)20-16-17-9-10-18(20)15-17/h1,3-4,7-10,17-18,20,23H,2,5-6,11-16H2/t17-,18-,20-,21-/m1/s1. The predicted molar refractivity (Wildman–Crippen MR) is 94.1 cm³/mol. The van der Waals surface area contributed by atoms with Gasteiger partial charge >= 0.3 is 0 Å². The van der Waals surface area contributed by atoms with Crippen LogP contribution < -0.4 is 0 Å². The molecule has 2 nitrogen and oxygen atoms in total. The SMILES string of the molecule is O[C@](CCN1CCCCC1)(c1ccccc1)[C@@H]1C[C@@H]2C=C[C@@H]1C2. The van der Waals surface area contributed by atoms with E-state index < -0.39 is 5.60 Å². The minimum absolute atomic E-state index is 0.393. The molecule has 0 radical (unpaired) electrons. The van der Waals surface area contributed by atoms with Crippen LogP contribution >= 0.6 is 0 Å². The Hall–Kier alpha value is -1.12. The normalized spacial score (nSPS) is 33.0. The second-order valence-electron chi connectivity index (χ2n) is 7.83. The summed E-state index contributed by atoms with van der Waals surface area (Å²) in [6.45, 7) is 3.45. The fraction of sp³-hybridized carbons (Fsp3) is 0.619. The number of aliphatic hydroxyl groups is 1. The van der Waals surface area contributed by atoms with Gasteiger partial charge in [0.2, 0.25) is 0 Å². The van der Waals surface area contributed by atoms with Gasteiger partial charge in [-0.05, 0) is 68.5 Å². The molecule has 2 heteroatoms. The summed E-state index contributed by atoms with van der Waals surface area (Å²) in [6, 6.07) is 10.5. The molecule has 1 saturated carbocycles. The van der Waals surface area contributed by atoms with Gasteiger partial charge in [-0.25, -0.2) is 0 Å². The molecule has 4 atom stereocenters. The third-order valence-electron chi connectivity index (χ3n) is 6.42. The molecule has 2 fully saturated rings. The van der Waals surface area contributed by atoms with Crippen molar-refractivity contribution in [3.8, 4) is 0 Å². The van der Waals surface area contributed by atoms with Crippen LogP contribution in [-0.4, -0.2) is 29.6 Å². The molecule has 3 aliphatic rings. The molecule has 2 bridgehead atoms. The molecule has 1 N–H and O–H groups in total. The lowest BCUT2D eigenvalue weighted by Gasteiger charge is -2.40. The van der Waals surface area contributed by atoms with Crippen LogP contribution in [0.5, 0.6) is 0 Å². The summed E-state index contributed by atoms with van der Waals surface area (Å²) >= 11 is 0. The van der Waals surface area contributed by atoms with Gasteiger partial charge in [0, 0.05) is 6.54 Å². The van der Waals surface area contributed by atoms with Crippen LogP contribution in [0.3, 0.4) is 0 Å². The van der Waals surface area contributed by atoms with Gasteiger partial charge in [0.15, 0.2) is 0 Å². The summed E-state index contributed by atoms with van der Waals surface area (Å²) in [7, 11) is 0. The third-order valence-corrected chi connectivity index (χ3v) is 6.42. The van der Waals surface area contributed by atoms with Gasteiger partial charge in [0.05, 0.1) is 5.60 Å². The van der Waals surface area contributed by atoms with Crippen LogP contribution in [0.2, 0.25) is 0 Å². The van der Waals surface area contributed by atoms with E-state index in [-0.39, 0.29) is 0 Å². The molecule has 23 heavy (non-hydrogen) atoms. The number of nitrogens with zero attached hydrogens (tertiary/aromatic N) is 1. The van der Waals surface area contributed by atoms with E-state index in [0.717, 1.165) is 24.9 Å². The molecular weight excluding hydrogens is 282 g/mol. The zero-order valence-corrected chi connectivity index (χ0v) is 14.0. The Labute approximate surface area is 140 Å². The highest BCUT2D eigenvalue weighted by Crippen LogP contribution is 2.52. The molecule has 1 aliphatic heterocycles. The third kappa shape index (κ3) is 2.99. The monoisotopic (exact) mass is 311 g/mol. The van der Waals surface area contributed by atoms with Gasteiger partial charge in [-0.15, -0.1) is 0 Å². The minimum Gasteiger partial charge on any atom is -0.385 e. The largest absolute Gasteiger partial charge is 0.385 e. The molecule has 1 heterocycles. The van der Waals surface area contributed by atoms with Crippen LogP contribution in [0.4, 0.5) is 0 Å². The number of likely N-dealkylation sites (tertiary alicyclic amines) is 1. The molecule has 0 amide bonds. The molecular formula is C21H29NO. The maximum atomic E-state index is 11.8. The molecule has 124 valence electrons. The molecule has 0 spiro atoms. The molecule has 0 unspecified atom stereocenters. The summed E-state index contributed by atoms with van der Waals surface area (Å²) in [5.74, 6) is 1.67. The van der Waals surface area contributed by atoms with Crippen molar-refractivity contribution < 1.29 is 5.11 Å². The summed E-state index contributed by atoms with van der Waals surface area (Å²) in [4.78, 5) is 2.56. The van der Waals surface area contributed by atoms with Crippen molar-refractivity contribution in [1.82, 2.24) is 4.90 Å². The highest BCUT2D eigenvalue weighted by molar-refractivity contribution is 5.27. The maximum absolute atomic E-state index is 11.8. The number of rotatable bonds is 5. The maximum Gasteiger partial charge on any atom is 0.0942 e. The summed E-state index contributed by atoms with van der Waals surface area (Å²) in [5, 5.41) is 11.8. The van der Waals surface area contributed by atoms with Crippen molar-refractivity contribution in [2.24, 2.45) is 17.8 Å². The lowest BCUT2D eigenvalue weighted by molar-refractivity contribution is -0.0495. The summed E-state index contributed by atoms with van der Waals surface area (Å²) < 4.78 is 0. The van der Waals surface area contributed by atoms with Crippen molar-refractivity contribution in [2.45, 2.75) is 44.1 Å². The summed E-state index contributed by atoms with van der Waals surface area (Å²) in [5.41, 5.74) is 0.464. The molecule has 2 aliphatic carbocycles. The second-order valence-corrected chi connectivity index (χ2v) is 7.83. The number of hydrogen-bond acceptors (Lipinski definition) is 2. The van der Waals surface area contributed by atoms with Gasteiger partial charge in [-0.2, -0.15) is 0 Å². The lowest BCUT2D eigenvalue weighted by atomic mass is 9.72. The fourth-order valence-electron chi connectivity index (χ4n) is 5.11. The number of piperidine rings is 1. The van der Waals surface area contributed by atoms with Crippen LogP contribution in [0.25, 0.3) is 0 Å². The number of hydrogen-bond donors (Lipinski definition) is 1. The van der Waals surface area contributed by atoms with Gasteiger partial charge < -0.3 is 10.0 Å². The van der Waals surface area contributed by atoms with E-state index in [4.69, 9.17) is 0 Å². The van der Waals surface area contributed by atoms with E-state index in [9.17, 15) is 5.11 Å². The second kappa shape index (κ2) is 6.41. The zero-order chi connectivity index (χ0) is 15.7. The topological polar surface area (TPSA) is 23.5 Å². The van der Waals surface area contributed by atoms with Crippen LogP contribution in [0, 0.1) is 17.8 Å². The fourth-order valence-corrected chi connectivity index (χ4v) is 5.11. The van der Waals surface area contributed by atoms with E-state index in [1.165, 1.54) is 38.8 Å². The molecule has 1 aromatic carbocycles. The Balaban J connectivity index is 1.55. The van der Waals surface area contributed by atoms with Crippen molar-refractivity contribution in [2.75, 3.05) is 19.6 Å². The van der Waals surface area contributed by atoms with E-state index in [2.05, 4.69) is 47.4 Å². The van der Waals surface area contributed by atoms with Gasteiger partial charge in [0.1, 0.15) is 0 Å². The quantitative estimate of drug-likeness (QED) is 0.832. The number of allylic oxidation sites excluding steroid dienone is 2. The molecule has 4 rings (SSSR count). The van der Waals surface area contributed by atoms with Gasteiger partial charge in [0.25, 0.3) is 0 Å². The minimum atomic E-state index is -0.664. The van der Waals surface area contributed by atoms with Crippen LogP contribution in [0.1, 0.15) is 44.1 Å².